The van der Waals surface area contributed by atoms with Crippen molar-refractivity contribution in [2.45, 2.75) is 19.1 Å². The molecular formula is C8H10N2O3S. The van der Waals surface area contributed by atoms with Crippen LogP contribution in [0.25, 0.3) is 0 Å². The van der Waals surface area contributed by atoms with Gasteiger partial charge in [-0.15, -0.1) is 0 Å². The van der Waals surface area contributed by atoms with E-state index in [0.717, 1.165) is 11.3 Å². The fraction of sp³-hybridized carbons (Fsp3) is 0.500. The Labute approximate surface area is 81.1 Å². The molecule has 1 aromatic rings. The summed E-state index contributed by atoms with van der Waals surface area (Å²) in [6, 6.07) is 0. The number of hydrogen-bond acceptors (Lipinski definition) is 4. The minimum absolute atomic E-state index is 0.104. The Morgan fingerprint density at radius 3 is 2.86 bits per heavy atom. The van der Waals surface area contributed by atoms with Crippen molar-refractivity contribution < 1.29 is 8.42 Å². The molecule has 14 heavy (non-hydrogen) atoms. The second-order valence-corrected chi connectivity index (χ2v) is 5.62. The number of fused-ring (bicyclic) bond motifs is 1. The average Bonchev–Trinajstić information content (AvgIpc) is 2.00. The molecule has 0 aromatic carbocycles. The largest absolute Gasteiger partial charge is 0.345 e. The summed E-state index contributed by atoms with van der Waals surface area (Å²) in [6.45, 7) is 1.76. The normalized spacial score (nSPS) is 18.9. The van der Waals surface area contributed by atoms with Crippen LogP contribution in [0.4, 0.5) is 0 Å². The number of rotatable bonds is 0. The van der Waals surface area contributed by atoms with Gasteiger partial charge in [0.2, 0.25) is 0 Å². The predicted molar refractivity (Wildman–Crippen MR) is 50.8 cm³/mol. The summed E-state index contributed by atoms with van der Waals surface area (Å²) in [7, 11) is -3.04. The van der Waals surface area contributed by atoms with E-state index in [0.29, 0.717) is 12.1 Å². The van der Waals surface area contributed by atoms with E-state index in [9.17, 15) is 13.2 Å². The maximum Gasteiger partial charge on any atom is 0.345 e. The van der Waals surface area contributed by atoms with Gasteiger partial charge in [-0.3, -0.25) is 0 Å². The van der Waals surface area contributed by atoms with Crippen molar-refractivity contribution >= 4 is 9.84 Å². The van der Waals surface area contributed by atoms with Crippen molar-refractivity contribution in [3.05, 3.63) is 27.4 Å². The summed E-state index contributed by atoms with van der Waals surface area (Å²) in [5.74, 6) is 0.0433. The van der Waals surface area contributed by atoms with Crippen molar-refractivity contribution in [3.8, 4) is 0 Å². The number of hydrogen-bond donors (Lipinski definition) is 1. The van der Waals surface area contributed by atoms with E-state index in [-0.39, 0.29) is 11.5 Å². The maximum atomic E-state index is 11.3. The van der Waals surface area contributed by atoms with E-state index >= 15 is 0 Å². The third-order valence-electron chi connectivity index (χ3n) is 2.35. The Morgan fingerprint density at radius 2 is 2.14 bits per heavy atom. The molecule has 1 aromatic heterocycles. The molecule has 5 nitrogen and oxygen atoms in total. The van der Waals surface area contributed by atoms with Crippen molar-refractivity contribution in [3.63, 3.8) is 0 Å². The van der Waals surface area contributed by atoms with Gasteiger partial charge in [-0.05, 0) is 18.9 Å². The molecular weight excluding hydrogens is 204 g/mol. The molecule has 0 bridgehead atoms. The zero-order valence-corrected chi connectivity index (χ0v) is 8.52. The molecule has 0 radical (unpaired) electrons. The molecule has 0 saturated heterocycles. The topological polar surface area (TPSA) is 79.9 Å². The molecule has 1 aliphatic heterocycles. The van der Waals surface area contributed by atoms with E-state index in [1.807, 2.05) is 0 Å². The van der Waals surface area contributed by atoms with Crippen LogP contribution < -0.4 is 5.69 Å². The van der Waals surface area contributed by atoms with Gasteiger partial charge >= 0.3 is 5.69 Å². The first kappa shape index (κ1) is 9.39. The molecule has 0 fully saturated rings. The van der Waals surface area contributed by atoms with Gasteiger partial charge in [0.15, 0.2) is 9.84 Å². The maximum absolute atomic E-state index is 11.3. The van der Waals surface area contributed by atoms with E-state index in [1.165, 1.54) is 0 Å². The lowest BCUT2D eigenvalue weighted by molar-refractivity contribution is 0.589. The molecule has 2 rings (SSSR count). The third-order valence-corrected chi connectivity index (χ3v) is 3.89. The number of aromatic amines is 1. The Bertz CT molecular complexity index is 530. The van der Waals surface area contributed by atoms with Crippen LogP contribution in [0.2, 0.25) is 0 Å². The number of H-pyrrole nitrogens is 1. The highest BCUT2D eigenvalue weighted by molar-refractivity contribution is 7.90. The summed E-state index contributed by atoms with van der Waals surface area (Å²) in [5.41, 5.74) is 1.55. The summed E-state index contributed by atoms with van der Waals surface area (Å²) in [6.07, 6.45) is 0.452. The monoisotopic (exact) mass is 214 g/mol. The zero-order chi connectivity index (χ0) is 10.3. The van der Waals surface area contributed by atoms with Crippen LogP contribution in [0.1, 0.15) is 17.0 Å². The van der Waals surface area contributed by atoms with Crippen molar-refractivity contribution in [1.29, 1.82) is 0 Å². The molecule has 0 spiro atoms. The second-order valence-electron chi connectivity index (χ2n) is 3.43. The highest BCUT2D eigenvalue weighted by atomic mass is 32.2. The molecule has 0 saturated carbocycles. The molecule has 2 heterocycles. The summed E-state index contributed by atoms with van der Waals surface area (Å²) >= 11 is 0. The first-order valence-electron chi connectivity index (χ1n) is 4.27. The lowest BCUT2D eigenvalue weighted by Gasteiger charge is -2.16. The number of aromatic nitrogens is 2. The van der Waals surface area contributed by atoms with Crippen LogP contribution in [-0.4, -0.2) is 24.1 Å². The second kappa shape index (κ2) is 2.91. The molecule has 1 aliphatic rings. The minimum atomic E-state index is -3.04. The Morgan fingerprint density at radius 1 is 1.43 bits per heavy atom. The fourth-order valence-electron chi connectivity index (χ4n) is 1.66. The summed E-state index contributed by atoms with van der Waals surface area (Å²) in [5, 5.41) is 0. The van der Waals surface area contributed by atoms with Gasteiger partial charge in [0, 0.05) is 5.69 Å². The highest BCUT2D eigenvalue weighted by Gasteiger charge is 2.24. The summed E-state index contributed by atoms with van der Waals surface area (Å²) < 4.78 is 22.6. The molecule has 0 unspecified atom stereocenters. The molecule has 1 N–H and O–H groups in total. The van der Waals surface area contributed by atoms with Crippen LogP contribution in [-0.2, 0) is 22.0 Å². The van der Waals surface area contributed by atoms with Crippen LogP contribution in [0, 0.1) is 6.92 Å². The zero-order valence-electron chi connectivity index (χ0n) is 7.70. The van der Waals surface area contributed by atoms with Crippen molar-refractivity contribution in [2.24, 2.45) is 0 Å². The average molecular weight is 214 g/mol. The standard InChI is InChI=1S/C8H10N2O3S/c1-5-6-2-3-14(12,13)4-7(6)10-8(11)9-5/h2-4H2,1H3,(H,9,10,11). The molecule has 0 aliphatic carbocycles. The van der Waals surface area contributed by atoms with Gasteiger partial charge < -0.3 is 4.98 Å². The quantitative estimate of drug-likeness (QED) is 0.634. The van der Waals surface area contributed by atoms with E-state index < -0.39 is 15.5 Å². The van der Waals surface area contributed by atoms with Gasteiger partial charge in [-0.25, -0.2) is 13.2 Å². The van der Waals surface area contributed by atoms with Gasteiger partial charge in [0.25, 0.3) is 0 Å². The molecule has 0 amide bonds. The van der Waals surface area contributed by atoms with Crippen LogP contribution in [0.3, 0.4) is 0 Å². The molecule has 6 heteroatoms. The van der Waals surface area contributed by atoms with Crippen molar-refractivity contribution in [1.82, 2.24) is 9.97 Å². The third kappa shape index (κ3) is 1.57. The number of nitrogens with one attached hydrogen (secondary N) is 1. The number of nitrogens with zero attached hydrogens (tertiary/aromatic N) is 1. The molecule has 76 valence electrons. The van der Waals surface area contributed by atoms with Crippen molar-refractivity contribution in [2.75, 3.05) is 5.75 Å². The van der Waals surface area contributed by atoms with Gasteiger partial charge in [0.05, 0.1) is 17.2 Å². The Kier molecular flexibility index (Phi) is 1.95. The van der Waals surface area contributed by atoms with E-state index in [2.05, 4.69) is 9.97 Å². The van der Waals surface area contributed by atoms with E-state index in [1.54, 1.807) is 6.92 Å². The number of aryl methyl sites for hydroxylation is 1. The highest BCUT2D eigenvalue weighted by Crippen LogP contribution is 2.18. The SMILES string of the molecule is Cc1[nH]c(=O)nc2c1CCS(=O)(=O)C2. The summed E-state index contributed by atoms with van der Waals surface area (Å²) in [4.78, 5) is 17.3. The molecule has 0 atom stereocenters. The van der Waals surface area contributed by atoms with Crippen LogP contribution in [0.5, 0.6) is 0 Å². The first-order valence-corrected chi connectivity index (χ1v) is 6.09. The van der Waals surface area contributed by atoms with Crippen LogP contribution >= 0.6 is 0 Å². The van der Waals surface area contributed by atoms with Gasteiger partial charge in [0.1, 0.15) is 0 Å². The Hall–Kier alpha value is -1.17. The lowest BCUT2D eigenvalue weighted by Crippen LogP contribution is -2.26. The number of sulfone groups is 1. The smallest absolute Gasteiger partial charge is 0.310 e. The lowest BCUT2D eigenvalue weighted by atomic mass is 10.1. The van der Waals surface area contributed by atoms with Crippen LogP contribution in [0.15, 0.2) is 4.79 Å². The first-order chi connectivity index (χ1) is 6.48. The van der Waals surface area contributed by atoms with Gasteiger partial charge in [-0.2, -0.15) is 4.98 Å². The van der Waals surface area contributed by atoms with E-state index in [4.69, 9.17) is 0 Å². The van der Waals surface area contributed by atoms with Gasteiger partial charge in [-0.1, -0.05) is 0 Å². The Balaban J connectivity index is 2.63. The fourth-order valence-corrected chi connectivity index (χ4v) is 2.97. The minimum Gasteiger partial charge on any atom is -0.310 e. The predicted octanol–water partition coefficient (Wildman–Crippen LogP) is -0.451.